The predicted molar refractivity (Wildman–Crippen MR) is 179 cm³/mol. The molecule has 3 amide bonds. The number of amides is 3. The van der Waals surface area contributed by atoms with Gasteiger partial charge >= 0.3 is 6.03 Å². The van der Waals surface area contributed by atoms with Gasteiger partial charge in [-0.05, 0) is 95.3 Å². The summed E-state index contributed by atoms with van der Waals surface area (Å²) in [7, 11) is -3.99. The molecule has 0 aromatic heterocycles. The molecule has 5 aliphatic carbocycles. The first-order valence-corrected chi connectivity index (χ1v) is 20.2. The number of carbonyl (C=O) groups excluding carboxylic acids is 2. The molecule has 260 valence electrons. The molecule has 6 aliphatic rings. The first-order chi connectivity index (χ1) is 22.0. The fraction of sp³-hybridized carbons (Fsp3) is 0.882. The van der Waals surface area contributed by atoms with Crippen molar-refractivity contribution in [1.82, 2.24) is 14.9 Å². The maximum Gasteiger partial charge on any atom is 0.328 e. The van der Waals surface area contributed by atoms with Crippen LogP contribution >= 0.6 is 23.2 Å². The zero-order valence-corrected chi connectivity index (χ0v) is 29.9. The molecule has 12 heteroatoms. The molecule has 6 unspecified atom stereocenters. The monoisotopic (exact) mass is 701 g/mol. The molecule has 0 radical (unpaired) electrons. The van der Waals surface area contributed by atoms with Crippen molar-refractivity contribution in [3.05, 3.63) is 12.2 Å². The molecule has 0 aromatic carbocycles. The maximum absolute atomic E-state index is 14.3. The lowest BCUT2D eigenvalue weighted by Crippen LogP contribution is -2.55. The van der Waals surface area contributed by atoms with E-state index in [1.54, 1.807) is 12.2 Å². The molecular formula is C34H53Cl2N3O6S. The van der Waals surface area contributed by atoms with Gasteiger partial charge in [-0.1, -0.05) is 31.9 Å². The number of likely N-dealkylation sites (tertiary alicyclic amines) is 1. The van der Waals surface area contributed by atoms with Crippen molar-refractivity contribution < 1.29 is 27.5 Å². The number of hydrogen-bond acceptors (Lipinski definition) is 6. The van der Waals surface area contributed by atoms with Gasteiger partial charge in [0.05, 0.1) is 28.9 Å². The highest BCUT2D eigenvalue weighted by atomic mass is 35.5. The summed E-state index contributed by atoms with van der Waals surface area (Å²) in [6.45, 7) is 8.44. The Morgan fingerprint density at radius 1 is 1.02 bits per heavy atom. The number of alkyl halides is 2. The number of halogens is 2. The lowest BCUT2D eigenvalue weighted by molar-refractivity contribution is -0.167. The maximum atomic E-state index is 14.3. The molecule has 9 nitrogen and oxygen atoms in total. The summed E-state index contributed by atoms with van der Waals surface area (Å²) in [5.41, 5.74) is -0.386. The number of allylic oxidation sites excluding steroid dienone is 2. The first-order valence-electron chi connectivity index (χ1n) is 17.8. The SMILES string of the molecule is CCO[C@@H]1C2CN(C3CC[C@H](CC4(NC(=O)NS(=O)(=O)C5CC=C[C@H](Cl)C5Cl)CC4)CC3C)C(=O)C2[C@H](OCC)[C@@H]2CCCC[C@@H]21. The fourth-order valence-corrected chi connectivity index (χ4v) is 12.3. The van der Waals surface area contributed by atoms with Crippen molar-refractivity contribution in [1.29, 1.82) is 0 Å². The molecule has 6 rings (SSSR count). The van der Waals surface area contributed by atoms with Crippen LogP contribution in [-0.2, 0) is 24.3 Å². The fourth-order valence-electron chi connectivity index (χ4n) is 10.0. The van der Waals surface area contributed by atoms with Crippen LogP contribution in [0.15, 0.2) is 12.2 Å². The van der Waals surface area contributed by atoms with Crippen LogP contribution in [0.25, 0.3) is 0 Å². The Morgan fingerprint density at radius 2 is 1.70 bits per heavy atom. The summed E-state index contributed by atoms with van der Waals surface area (Å²) in [5, 5.41) is 0.621. The number of hydrogen-bond donors (Lipinski definition) is 2. The molecule has 1 heterocycles. The number of ether oxygens (including phenoxy) is 2. The minimum Gasteiger partial charge on any atom is -0.378 e. The van der Waals surface area contributed by atoms with E-state index in [9.17, 15) is 18.0 Å². The van der Waals surface area contributed by atoms with Gasteiger partial charge in [0, 0.05) is 37.3 Å². The summed E-state index contributed by atoms with van der Waals surface area (Å²) in [5.74, 6) is 1.91. The van der Waals surface area contributed by atoms with Crippen LogP contribution in [0.5, 0.6) is 0 Å². The van der Waals surface area contributed by atoms with E-state index in [-0.39, 0.29) is 48.0 Å². The summed E-state index contributed by atoms with van der Waals surface area (Å²) in [4.78, 5) is 29.4. The Hall–Kier alpha value is -1.07. The summed E-state index contributed by atoms with van der Waals surface area (Å²) < 4.78 is 41.0. The Morgan fingerprint density at radius 3 is 2.35 bits per heavy atom. The standard InChI is InChI=1S/C34H53Cl2N3O6S/c1-4-44-30-22-9-6-7-10-23(22)31(45-5-2)28-24(30)19-39(32(28)40)26-14-13-21(17-20(26)3)18-34(15-16-34)37-33(41)38-46(42,43)27-12-8-11-25(35)29(27)36/h8,11,20-31H,4-7,9-10,12-19H2,1-3H3,(H2,37,38,41)/t20?,21-,22-,23+,24?,25-,26?,27?,28?,29?,30-,31+/m0/s1. The molecule has 4 saturated carbocycles. The van der Waals surface area contributed by atoms with Crippen LogP contribution in [0.4, 0.5) is 4.79 Å². The van der Waals surface area contributed by atoms with E-state index in [2.05, 4.69) is 28.8 Å². The molecule has 1 aliphatic heterocycles. The van der Waals surface area contributed by atoms with Gasteiger partial charge in [0.25, 0.3) is 0 Å². The molecule has 1 saturated heterocycles. The number of carbonyl (C=O) groups is 2. The molecule has 12 atom stereocenters. The van der Waals surface area contributed by atoms with Gasteiger partial charge in [0.2, 0.25) is 15.9 Å². The number of fused-ring (bicyclic) bond motifs is 2. The number of urea groups is 1. The van der Waals surface area contributed by atoms with E-state index in [1.165, 1.54) is 12.8 Å². The number of nitrogens with zero attached hydrogens (tertiary/aromatic N) is 1. The second kappa shape index (κ2) is 14.0. The van der Waals surface area contributed by atoms with E-state index in [0.717, 1.165) is 57.9 Å². The smallest absolute Gasteiger partial charge is 0.328 e. The predicted octanol–water partition coefficient (Wildman–Crippen LogP) is 5.59. The van der Waals surface area contributed by atoms with Crippen LogP contribution < -0.4 is 10.0 Å². The van der Waals surface area contributed by atoms with Gasteiger partial charge < -0.3 is 19.7 Å². The Bertz CT molecular complexity index is 1260. The van der Waals surface area contributed by atoms with Crippen molar-refractivity contribution in [2.75, 3.05) is 19.8 Å². The van der Waals surface area contributed by atoms with Crippen LogP contribution in [0.1, 0.15) is 91.4 Å². The lowest BCUT2D eigenvalue weighted by atomic mass is 9.61. The second-order valence-corrected chi connectivity index (χ2v) is 17.9. The van der Waals surface area contributed by atoms with Gasteiger partial charge in [-0.2, -0.15) is 0 Å². The van der Waals surface area contributed by atoms with Gasteiger partial charge in [-0.3, -0.25) is 4.79 Å². The van der Waals surface area contributed by atoms with Crippen LogP contribution in [-0.4, -0.2) is 84.8 Å². The first kappa shape index (κ1) is 34.8. The zero-order valence-electron chi connectivity index (χ0n) is 27.5. The summed E-state index contributed by atoms with van der Waals surface area (Å²) >= 11 is 12.4. The van der Waals surface area contributed by atoms with E-state index >= 15 is 0 Å². The van der Waals surface area contributed by atoms with Gasteiger partial charge in [-0.25, -0.2) is 17.9 Å². The summed E-state index contributed by atoms with van der Waals surface area (Å²) in [6.07, 6.45) is 13.8. The molecule has 0 spiro atoms. The van der Waals surface area contributed by atoms with Crippen molar-refractivity contribution in [3.8, 4) is 0 Å². The van der Waals surface area contributed by atoms with Gasteiger partial charge in [0.15, 0.2) is 0 Å². The molecule has 2 N–H and O–H groups in total. The number of nitrogens with one attached hydrogen (secondary N) is 2. The zero-order chi connectivity index (χ0) is 32.8. The lowest BCUT2D eigenvalue weighted by Gasteiger charge is -2.50. The molecule has 0 bridgehead atoms. The van der Waals surface area contributed by atoms with E-state index in [0.29, 0.717) is 36.9 Å². The van der Waals surface area contributed by atoms with Crippen molar-refractivity contribution in [2.45, 2.75) is 131 Å². The third-order valence-corrected chi connectivity index (χ3v) is 15.2. The van der Waals surface area contributed by atoms with E-state index in [4.69, 9.17) is 32.7 Å². The van der Waals surface area contributed by atoms with E-state index in [1.807, 2.05) is 6.92 Å². The highest BCUT2D eigenvalue weighted by Crippen LogP contribution is 2.53. The van der Waals surface area contributed by atoms with Gasteiger partial charge in [0.1, 0.15) is 5.25 Å². The number of sulfonamides is 1. The highest BCUT2D eigenvalue weighted by molar-refractivity contribution is 7.90. The minimum atomic E-state index is -3.99. The van der Waals surface area contributed by atoms with E-state index < -0.39 is 32.1 Å². The average Bonchev–Trinajstić information content (AvgIpc) is 3.67. The Labute approximate surface area is 285 Å². The molecule has 46 heavy (non-hydrogen) atoms. The third kappa shape index (κ3) is 6.86. The Kier molecular flexibility index (Phi) is 10.6. The van der Waals surface area contributed by atoms with Crippen LogP contribution in [0.2, 0.25) is 0 Å². The quantitative estimate of drug-likeness (QED) is 0.227. The van der Waals surface area contributed by atoms with Crippen LogP contribution in [0, 0.1) is 35.5 Å². The number of rotatable bonds is 10. The molecule has 0 aromatic rings. The Balaban J connectivity index is 1.07. The van der Waals surface area contributed by atoms with Crippen molar-refractivity contribution in [3.63, 3.8) is 0 Å². The average molecular weight is 703 g/mol. The molecule has 5 fully saturated rings. The van der Waals surface area contributed by atoms with Gasteiger partial charge in [-0.15, -0.1) is 23.2 Å². The second-order valence-electron chi connectivity index (χ2n) is 15.0. The third-order valence-electron chi connectivity index (χ3n) is 12.2. The summed E-state index contributed by atoms with van der Waals surface area (Å²) in [6, 6.07) is -0.501. The minimum absolute atomic E-state index is 0.0156. The topological polar surface area (TPSA) is 114 Å². The molecular weight excluding hydrogens is 649 g/mol. The normalized spacial score (nSPS) is 41.8. The van der Waals surface area contributed by atoms with Crippen molar-refractivity contribution >= 4 is 45.2 Å². The van der Waals surface area contributed by atoms with Crippen LogP contribution in [0.3, 0.4) is 0 Å². The highest BCUT2D eigenvalue weighted by Gasteiger charge is 2.60. The largest absolute Gasteiger partial charge is 0.378 e. The van der Waals surface area contributed by atoms with Crippen molar-refractivity contribution in [2.24, 2.45) is 35.5 Å².